The first-order chi connectivity index (χ1) is 15.4. The Kier molecular flexibility index (Phi) is 9.13. The van der Waals surface area contributed by atoms with Gasteiger partial charge in [0.25, 0.3) is 0 Å². The Hall–Kier alpha value is -2.78. The van der Waals surface area contributed by atoms with Crippen LogP contribution in [0.4, 0.5) is 5.69 Å². The number of rotatable bonds is 10. The topological polar surface area (TPSA) is 96.0 Å². The van der Waals surface area contributed by atoms with Crippen molar-refractivity contribution in [3.8, 4) is 5.75 Å². The van der Waals surface area contributed by atoms with Crippen molar-refractivity contribution in [1.82, 2.24) is 10.2 Å². The van der Waals surface area contributed by atoms with Crippen LogP contribution in [0.1, 0.15) is 26.3 Å². The number of anilines is 1. The second kappa shape index (κ2) is 11.4. The van der Waals surface area contributed by atoms with Gasteiger partial charge < -0.3 is 15.0 Å². The van der Waals surface area contributed by atoms with Crippen molar-refractivity contribution in [2.75, 3.05) is 24.2 Å². The van der Waals surface area contributed by atoms with Crippen LogP contribution in [0.3, 0.4) is 0 Å². The van der Waals surface area contributed by atoms with E-state index in [1.807, 2.05) is 19.9 Å². The molecule has 0 aliphatic rings. The Morgan fingerprint density at radius 2 is 1.73 bits per heavy atom. The first kappa shape index (κ1) is 26.5. The van der Waals surface area contributed by atoms with Crippen molar-refractivity contribution in [2.45, 2.75) is 39.4 Å². The fraction of sp³-hybridized carbons (Fsp3) is 0.391. The summed E-state index contributed by atoms with van der Waals surface area (Å²) >= 11 is 5.92. The van der Waals surface area contributed by atoms with E-state index >= 15 is 0 Å². The fourth-order valence-electron chi connectivity index (χ4n) is 3.18. The van der Waals surface area contributed by atoms with E-state index in [2.05, 4.69) is 5.32 Å². The van der Waals surface area contributed by atoms with Crippen LogP contribution >= 0.6 is 11.6 Å². The fourth-order valence-corrected chi connectivity index (χ4v) is 4.15. The monoisotopic (exact) mass is 495 g/mol. The van der Waals surface area contributed by atoms with Gasteiger partial charge in [-0.3, -0.25) is 13.9 Å². The average Bonchev–Trinajstić information content (AvgIpc) is 2.74. The van der Waals surface area contributed by atoms with Gasteiger partial charge in [-0.15, -0.1) is 0 Å². The zero-order chi connectivity index (χ0) is 24.8. The third-order valence-corrected chi connectivity index (χ3v) is 6.27. The predicted molar refractivity (Wildman–Crippen MR) is 130 cm³/mol. The first-order valence-corrected chi connectivity index (χ1v) is 12.6. The van der Waals surface area contributed by atoms with Crippen LogP contribution in [-0.4, -0.2) is 57.1 Å². The number of methoxy groups -OCH3 is 1. The van der Waals surface area contributed by atoms with Crippen molar-refractivity contribution in [3.63, 3.8) is 0 Å². The highest BCUT2D eigenvalue weighted by Crippen LogP contribution is 2.22. The molecule has 1 N–H and O–H groups in total. The number of benzene rings is 2. The van der Waals surface area contributed by atoms with Gasteiger partial charge in [0.2, 0.25) is 21.8 Å². The Balaban J connectivity index is 2.39. The van der Waals surface area contributed by atoms with Crippen molar-refractivity contribution in [2.24, 2.45) is 0 Å². The highest BCUT2D eigenvalue weighted by atomic mass is 35.5. The molecule has 0 heterocycles. The summed E-state index contributed by atoms with van der Waals surface area (Å²) in [4.78, 5) is 27.5. The third-order valence-electron chi connectivity index (χ3n) is 4.88. The Bertz CT molecular complexity index is 1070. The van der Waals surface area contributed by atoms with E-state index in [-0.39, 0.29) is 18.5 Å². The first-order valence-electron chi connectivity index (χ1n) is 10.4. The summed E-state index contributed by atoms with van der Waals surface area (Å²) < 4.78 is 31.2. The normalized spacial score (nSPS) is 12.2. The van der Waals surface area contributed by atoms with E-state index in [1.54, 1.807) is 37.3 Å². The van der Waals surface area contributed by atoms with E-state index in [0.717, 1.165) is 16.1 Å². The Morgan fingerprint density at radius 1 is 1.09 bits per heavy atom. The molecule has 8 nitrogen and oxygen atoms in total. The molecule has 2 rings (SSSR count). The van der Waals surface area contributed by atoms with Crippen LogP contribution in [0.5, 0.6) is 5.75 Å². The van der Waals surface area contributed by atoms with Gasteiger partial charge in [0.1, 0.15) is 18.3 Å². The summed E-state index contributed by atoms with van der Waals surface area (Å²) in [5.41, 5.74) is 1.04. The number of hydrogen-bond donors (Lipinski definition) is 1. The molecule has 0 bridgehead atoms. The number of carbonyl (C=O) groups is 2. The van der Waals surface area contributed by atoms with Crippen molar-refractivity contribution in [1.29, 1.82) is 0 Å². The minimum Gasteiger partial charge on any atom is -0.497 e. The summed E-state index contributed by atoms with van der Waals surface area (Å²) in [5.74, 6) is -0.249. The van der Waals surface area contributed by atoms with Gasteiger partial charge in [-0.2, -0.15) is 0 Å². The van der Waals surface area contributed by atoms with E-state index < -0.39 is 28.5 Å². The maximum atomic E-state index is 13.4. The molecule has 1 unspecified atom stereocenters. The molecule has 0 saturated heterocycles. The van der Waals surface area contributed by atoms with Crippen LogP contribution in [-0.2, 0) is 26.2 Å². The molecule has 2 amide bonds. The third kappa shape index (κ3) is 7.64. The Morgan fingerprint density at radius 3 is 2.27 bits per heavy atom. The summed E-state index contributed by atoms with van der Waals surface area (Å²) in [6.45, 7) is 4.89. The lowest BCUT2D eigenvalue weighted by molar-refractivity contribution is -0.139. The summed E-state index contributed by atoms with van der Waals surface area (Å²) in [5, 5.41) is 3.25. The summed E-state index contributed by atoms with van der Waals surface area (Å²) in [7, 11) is -2.25. The van der Waals surface area contributed by atoms with Gasteiger partial charge in [-0.25, -0.2) is 8.42 Å². The SMILES string of the molecule is COc1cccc(CN(C(=O)CN(c2ccc(Cl)cc2)S(C)(=O)=O)C(C)C(=O)NC(C)C)c1. The standard InChI is InChI=1S/C23H30ClN3O5S/c1-16(2)25-23(29)17(3)26(14-18-7-6-8-21(13-18)32-4)22(28)15-27(33(5,30)31)20-11-9-19(24)10-12-20/h6-13,16-17H,14-15H2,1-5H3,(H,25,29). The molecule has 0 aliphatic carbocycles. The van der Waals surface area contributed by atoms with Crippen LogP contribution < -0.4 is 14.4 Å². The van der Waals surface area contributed by atoms with Gasteiger partial charge in [-0.1, -0.05) is 23.7 Å². The van der Waals surface area contributed by atoms with Crippen molar-refractivity contribution >= 4 is 39.1 Å². The molecule has 0 spiro atoms. The maximum Gasteiger partial charge on any atom is 0.244 e. The van der Waals surface area contributed by atoms with Gasteiger partial charge in [0.05, 0.1) is 19.1 Å². The van der Waals surface area contributed by atoms with Crippen molar-refractivity contribution in [3.05, 3.63) is 59.1 Å². The molecule has 10 heteroatoms. The number of amides is 2. The number of nitrogens with one attached hydrogen (secondary N) is 1. The number of nitrogens with zero attached hydrogens (tertiary/aromatic N) is 2. The van der Waals surface area contributed by atoms with Gasteiger partial charge in [0, 0.05) is 17.6 Å². The molecule has 180 valence electrons. The molecule has 0 fully saturated rings. The number of sulfonamides is 1. The molecular formula is C23H30ClN3O5S. The quantitative estimate of drug-likeness (QED) is 0.546. The lowest BCUT2D eigenvalue weighted by Gasteiger charge is -2.32. The smallest absolute Gasteiger partial charge is 0.244 e. The average molecular weight is 496 g/mol. The molecule has 2 aromatic carbocycles. The largest absolute Gasteiger partial charge is 0.497 e. The number of halogens is 1. The molecular weight excluding hydrogens is 466 g/mol. The van der Waals surface area contributed by atoms with Gasteiger partial charge in [0.15, 0.2) is 0 Å². The zero-order valence-corrected chi connectivity index (χ0v) is 21.0. The van der Waals surface area contributed by atoms with E-state index in [9.17, 15) is 18.0 Å². The zero-order valence-electron chi connectivity index (χ0n) is 19.4. The second-order valence-corrected chi connectivity index (χ2v) is 10.3. The van der Waals surface area contributed by atoms with Gasteiger partial charge >= 0.3 is 0 Å². The van der Waals surface area contributed by atoms with Crippen LogP contribution in [0, 0.1) is 0 Å². The predicted octanol–water partition coefficient (Wildman–Crippen LogP) is 3.06. The second-order valence-electron chi connectivity index (χ2n) is 7.96. The summed E-state index contributed by atoms with van der Waals surface area (Å²) in [6.07, 6.45) is 1.02. The molecule has 0 aliphatic heterocycles. The number of carbonyl (C=O) groups excluding carboxylic acids is 2. The van der Waals surface area contributed by atoms with Gasteiger partial charge in [-0.05, 0) is 62.7 Å². The van der Waals surface area contributed by atoms with Crippen LogP contribution in [0.2, 0.25) is 5.02 Å². The van der Waals surface area contributed by atoms with E-state index in [4.69, 9.17) is 16.3 Å². The molecule has 33 heavy (non-hydrogen) atoms. The maximum absolute atomic E-state index is 13.4. The highest BCUT2D eigenvalue weighted by Gasteiger charge is 2.30. The number of hydrogen-bond acceptors (Lipinski definition) is 5. The van der Waals surface area contributed by atoms with Crippen LogP contribution in [0.15, 0.2) is 48.5 Å². The summed E-state index contributed by atoms with van der Waals surface area (Å²) in [6, 6.07) is 12.3. The lowest BCUT2D eigenvalue weighted by atomic mass is 10.1. The van der Waals surface area contributed by atoms with E-state index in [0.29, 0.717) is 16.5 Å². The highest BCUT2D eigenvalue weighted by molar-refractivity contribution is 7.92. The molecule has 0 radical (unpaired) electrons. The minimum absolute atomic E-state index is 0.0981. The van der Waals surface area contributed by atoms with Crippen LogP contribution in [0.25, 0.3) is 0 Å². The molecule has 0 aromatic heterocycles. The van der Waals surface area contributed by atoms with Crippen molar-refractivity contribution < 1.29 is 22.7 Å². The molecule has 1 atom stereocenters. The molecule has 2 aromatic rings. The molecule has 0 saturated carbocycles. The Labute approximate surface area is 200 Å². The minimum atomic E-state index is -3.79. The van der Waals surface area contributed by atoms with E-state index in [1.165, 1.54) is 24.1 Å². The lowest BCUT2D eigenvalue weighted by Crippen LogP contribution is -2.52. The number of ether oxygens (including phenoxy) is 1.